The van der Waals surface area contributed by atoms with Gasteiger partial charge >= 0.3 is 0 Å². The molecule has 1 heterocycles. The summed E-state index contributed by atoms with van der Waals surface area (Å²) in [6.45, 7) is 9.83. The van der Waals surface area contributed by atoms with Gasteiger partial charge in [0.25, 0.3) is 0 Å². The van der Waals surface area contributed by atoms with E-state index in [1.165, 1.54) is 0 Å². The van der Waals surface area contributed by atoms with Crippen molar-refractivity contribution in [3.63, 3.8) is 0 Å². The van der Waals surface area contributed by atoms with Crippen LogP contribution in [0.15, 0.2) is 0 Å². The summed E-state index contributed by atoms with van der Waals surface area (Å²) in [5.74, 6) is -0.247. The number of morpholine rings is 1. The number of nitrogens with zero attached hydrogens (tertiary/aromatic N) is 1. The van der Waals surface area contributed by atoms with Crippen molar-refractivity contribution in [2.75, 3.05) is 26.2 Å². The van der Waals surface area contributed by atoms with Crippen LogP contribution in [0.1, 0.15) is 40.0 Å². The minimum absolute atomic E-state index is 0.212. The van der Waals surface area contributed by atoms with Gasteiger partial charge in [-0.2, -0.15) is 0 Å². The number of hydrogen-bond acceptors (Lipinski definition) is 4. The van der Waals surface area contributed by atoms with Gasteiger partial charge in [0.05, 0.1) is 18.8 Å². The number of amides is 1. The molecule has 5 heteroatoms. The van der Waals surface area contributed by atoms with E-state index < -0.39 is 0 Å². The number of hydrogen-bond donors (Lipinski definition) is 2. The third-order valence-electron chi connectivity index (χ3n) is 3.74. The first kappa shape index (κ1) is 16.4. The molecule has 0 aliphatic carbocycles. The quantitative estimate of drug-likeness (QED) is 0.683. The molecule has 1 rings (SSSR count). The third kappa shape index (κ3) is 5.47. The lowest BCUT2D eigenvalue weighted by molar-refractivity contribution is -0.120. The molecule has 0 saturated carbocycles. The van der Waals surface area contributed by atoms with Crippen molar-refractivity contribution in [2.45, 2.75) is 58.2 Å². The number of carbonyl (C=O) groups is 1. The summed E-state index contributed by atoms with van der Waals surface area (Å²) in [6, 6.07) is 0.256. The third-order valence-corrected chi connectivity index (χ3v) is 3.74. The van der Waals surface area contributed by atoms with Crippen LogP contribution in [0.5, 0.6) is 0 Å². The van der Waals surface area contributed by atoms with Gasteiger partial charge in [-0.05, 0) is 32.7 Å². The second-order valence-corrected chi connectivity index (χ2v) is 5.40. The van der Waals surface area contributed by atoms with E-state index in [0.29, 0.717) is 6.04 Å². The molecule has 3 N–H and O–H groups in total. The molecular weight excluding hydrogens is 242 g/mol. The summed E-state index contributed by atoms with van der Waals surface area (Å²) in [5, 5.41) is 3.22. The molecule has 0 aromatic heterocycles. The standard InChI is InChI=1S/C14H29N3O2/c1-4-7-16-13(14(15)18)6-8-17-9-11(3)19-10-12(17)5-2/h11-13,16H,4-10H2,1-3H3,(H2,15,18). The Labute approximate surface area is 116 Å². The number of nitrogens with one attached hydrogen (secondary N) is 1. The minimum atomic E-state index is -0.247. The van der Waals surface area contributed by atoms with Crippen LogP contribution >= 0.6 is 0 Å². The predicted octanol–water partition coefficient (Wildman–Crippen LogP) is 0.729. The highest BCUT2D eigenvalue weighted by molar-refractivity contribution is 5.79. The molecule has 1 aliphatic heterocycles. The average molecular weight is 271 g/mol. The smallest absolute Gasteiger partial charge is 0.234 e. The van der Waals surface area contributed by atoms with Crippen molar-refractivity contribution in [3.05, 3.63) is 0 Å². The first-order valence-electron chi connectivity index (χ1n) is 7.46. The maximum Gasteiger partial charge on any atom is 0.234 e. The van der Waals surface area contributed by atoms with Crippen LogP contribution < -0.4 is 11.1 Å². The molecule has 1 amide bonds. The Morgan fingerprint density at radius 2 is 2.26 bits per heavy atom. The second kappa shape index (κ2) is 8.51. The van der Waals surface area contributed by atoms with Crippen LogP contribution in [0.2, 0.25) is 0 Å². The van der Waals surface area contributed by atoms with E-state index in [0.717, 1.165) is 45.5 Å². The van der Waals surface area contributed by atoms with E-state index in [2.05, 4.69) is 31.0 Å². The second-order valence-electron chi connectivity index (χ2n) is 5.40. The zero-order chi connectivity index (χ0) is 14.3. The van der Waals surface area contributed by atoms with Crippen LogP contribution in [0.3, 0.4) is 0 Å². The lowest BCUT2D eigenvalue weighted by atomic mass is 10.1. The number of primary amides is 1. The van der Waals surface area contributed by atoms with Crippen LogP contribution in [0.4, 0.5) is 0 Å². The Balaban J connectivity index is 2.44. The molecule has 112 valence electrons. The summed E-state index contributed by atoms with van der Waals surface area (Å²) in [6.07, 6.45) is 3.14. The molecule has 0 aromatic carbocycles. The van der Waals surface area contributed by atoms with E-state index in [1.807, 2.05) is 0 Å². The lowest BCUT2D eigenvalue weighted by Crippen LogP contribution is -2.51. The Bertz CT molecular complexity index is 273. The molecule has 1 aliphatic rings. The summed E-state index contributed by atoms with van der Waals surface area (Å²) in [4.78, 5) is 13.8. The fourth-order valence-electron chi connectivity index (χ4n) is 2.52. The Hall–Kier alpha value is -0.650. The van der Waals surface area contributed by atoms with Crippen molar-refractivity contribution < 1.29 is 9.53 Å². The van der Waals surface area contributed by atoms with Gasteiger partial charge < -0.3 is 15.8 Å². The zero-order valence-corrected chi connectivity index (χ0v) is 12.5. The summed E-state index contributed by atoms with van der Waals surface area (Å²) in [7, 11) is 0. The molecule has 0 bridgehead atoms. The first-order valence-corrected chi connectivity index (χ1v) is 7.46. The predicted molar refractivity (Wildman–Crippen MR) is 77.0 cm³/mol. The van der Waals surface area contributed by atoms with Gasteiger partial charge in [0.15, 0.2) is 0 Å². The lowest BCUT2D eigenvalue weighted by Gasteiger charge is -2.38. The molecule has 0 radical (unpaired) electrons. The van der Waals surface area contributed by atoms with Crippen molar-refractivity contribution in [2.24, 2.45) is 5.73 Å². The zero-order valence-electron chi connectivity index (χ0n) is 12.5. The Morgan fingerprint density at radius 1 is 1.53 bits per heavy atom. The molecule has 3 unspecified atom stereocenters. The number of nitrogens with two attached hydrogens (primary N) is 1. The molecule has 0 spiro atoms. The fraction of sp³-hybridized carbons (Fsp3) is 0.929. The first-order chi connectivity index (χ1) is 9.08. The van der Waals surface area contributed by atoms with Crippen LogP contribution in [-0.2, 0) is 9.53 Å². The Kier molecular flexibility index (Phi) is 7.34. The topological polar surface area (TPSA) is 67.6 Å². The van der Waals surface area contributed by atoms with Gasteiger partial charge in [0.1, 0.15) is 0 Å². The van der Waals surface area contributed by atoms with E-state index in [9.17, 15) is 4.79 Å². The molecule has 1 saturated heterocycles. The van der Waals surface area contributed by atoms with Gasteiger partial charge in [0, 0.05) is 19.1 Å². The summed E-state index contributed by atoms with van der Waals surface area (Å²) >= 11 is 0. The highest BCUT2D eigenvalue weighted by Crippen LogP contribution is 2.15. The van der Waals surface area contributed by atoms with E-state index in [4.69, 9.17) is 10.5 Å². The molecule has 3 atom stereocenters. The van der Waals surface area contributed by atoms with E-state index in [-0.39, 0.29) is 18.1 Å². The van der Waals surface area contributed by atoms with Gasteiger partial charge in [0.2, 0.25) is 5.91 Å². The molecule has 19 heavy (non-hydrogen) atoms. The highest BCUT2D eigenvalue weighted by Gasteiger charge is 2.26. The van der Waals surface area contributed by atoms with Crippen LogP contribution in [0, 0.1) is 0 Å². The van der Waals surface area contributed by atoms with Gasteiger partial charge in [-0.15, -0.1) is 0 Å². The number of carbonyl (C=O) groups excluding carboxylic acids is 1. The fourth-order valence-corrected chi connectivity index (χ4v) is 2.52. The van der Waals surface area contributed by atoms with Crippen molar-refractivity contribution in [3.8, 4) is 0 Å². The maximum absolute atomic E-state index is 11.4. The summed E-state index contributed by atoms with van der Waals surface area (Å²) < 4.78 is 5.68. The number of ether oxygens (including phenoxy) is 1. The number of rotatable bonds is 8. The summed E-state index contributed by atoms with van der Waals surface area (Å²) in [5.41, 5.74) is 5.44. The average Bonchev–Trinajstić information content (AvgIpc) is 2.38. The largest absolute Gasteiger partial charge is 0.376 e. The minimum Gasteiger partial charge on any atom is -0.376 e. The van der Waals surface area contributed by atoms with Gasteiger partial charge in [-0.25, -0.2) is 0 Å². The molecular formula is C14H29N3O2. The monoisotopic (exact) mass is 271 g/mol. The SMILES string of the molecule is CCCNC(CCN1CC(C)OCC1CC)C(N)=O. The van der Waals surface area contributed by atoms with Crippen molar-refractivity contribution in [1.29, 1.82) is 0 Å². The maximum atomic E-state index is 11.4. The van der Waals surface area contributed by atoms with Crippen LogP contribution in [-0.4, -0.2) is 55.2 Å². The van der Waals surface area contributed by atoms with Gasteiger partial charge in [-0.1, -0.05) is 13.8 Å². The van der Waals surface area contributed by atoms with E-state index in [1.54, 1.807) is 0 Å². The molecule has 0 aromatic rings. The molecule has 1 fully saturated rings. The van der Waals surface area contributed by atoms with Crippen LogP contribution in [0.25, 0.3) is 0 Å². The van der Waals surface area contributed by atoms with E-state index >= 15 is 0 Å². The molecule has 5 nitrogen and oxygen atoms in total. The van der Waals surface area contributed by atoms with Gasteiger partial charge in [-0.3, -0.25) is 9.69 Å². The normalized spacial score (nSPS) is 26.3. The Morgan fingerprint density at radius 3 is 2.84 bits per heavy atom. The highest BCUT2D eigenvalue weighted by atomic mass is 16.5. The van der Waals surface area contributed by atoms with Crippen molar-refractivity contribution >= 4 is 5.91 Å². The van der Waals surface area contributed by atoms with Crippen molar-refractivity contribution in [1.82, 2.24) is 10.2 Å².